The van der Waals surface area contributed by atoms with Crippen LogP contribution in [0.5, 0.6) is 17.2 Å². The summed E-state index contributed by atoms with van der Waals surface area (Å²) in [7, 11) is 5.47. The maximum Gasteiger partial charge on any atom is 0.295 e. The van der Waals surface area contributed by atoms with Gasteiger partial charge in [0.05, 0.1) is 25.3 Å². The van der Waals surface area contributed by atoms with Crippen molar-refractivity contribution in [2.24, 2.45) is 0 Å². The number of amides is 1. The summed E-state index contributed by atoms with van der Waals surface area (Å²) in [6, 6.07) is 21.3. The Morgan fingerprint density at radius 3 is 2.43 bits per heavy atom. The first-order valence-corrected chi connectivity index (χ1v) is 14.3. The summed E-state index contributed by atoms with van der Waals surface area (Å²) in [6.45, 7) is 4.08. The van der Waals surface area contributed by atoms with Gasteiger partial charge in [0.1, 0.15) is 18.1 Å². The van der Waals surface area contributed by atoms with Crippen LogP contribution in [0.25, 0.3) is 5.76 Å². The predicted molar refractivity (Wildman–Crippen MR) is 163 cm³/mol. The monoisotopic (exact) mass is 572 g/mol. The van der Waals surface area contributed by atoms with Crippen molar-refractivity contribution in [3.8, 4) is 17.2 Å². The minimum Gasteiger partial charge on any atom is -0.507 e. The molecule has 1 fully saturated rings. The fraction of sp³-hybridized carbons (Fsp3) is 0.353. The van der Waals surface area contributed by atoms with E-state index in [1.165, 1.54) is 4.90 Å². The molecule has 1 saturated heterocycles. The molecule has 1 atom stereocenters. The number of aliphatic hydroxyl groups excluding tert-OH is 1. The third kappa shape index (κ3) is 7.31. The van der Waals surface area contributed by atoms with Crippen molar-refractivity contribution in [1.82, 2.24) is 9.80 Å². The Bertz CT molecular complexity index is 1400. The standard InChI is InChI=1S/C34H40N2O6/c1-5-6-20-41-27-15-10-14-26(21-27)32(37)30-31(36(34(39)33(30)38)19-11-18-35(2)3)25-16-17-28(29(22-25)40-4)42-23-24-12-8-7-9-13-24/h7-10,12-17,21-22,31,37H,5-6,11,18-20,23H2,1-4H3. The third-order valence-corrected chi connectivity index (χ3v) is 7.16. The number of benzene rings is 3. The Morgan fingerprint density at radius 2 is 1.71 bits per heavy atom. The average molecular weight is 573 g/mol. The fourth-order valence-corrected chi connectivity index (χ4v) is 4.95. The molecule has 0 aliphatic carbocycles. The number of nitrogens with zero attached hydrogens (tertiary/aromatic N) is 2. The van der Waals surface area contributed by atoms with Crippen LogP contribution < -0.4 is 14.2 Å². The Morgan fingerprint density at radius 1 is 0.929 bits per heavy atom. The van der Waals surface area contributed by atoms with Gasteiger partial charge < -0.3 is 29.1 Å². The molecule has 0 aromatic heterocycles. The van der Waals surface area contributed by atoms with Gasteiger partial charge in [-0.1, -0.05) is 61.9 Å². The highest BCUT2D eigenvalue weighted by Crippen LogP contribution is 2.42. The molecule has 3 aromatic carbocycles. The Labute approximate surface area is 248 Å². The van der Waals surface area contributed by atoms with Gasteiger partial charge in [-0.15, -0.1) is 0 Å². The zero-order valence-corrected chi connectivity index (χ0v) is 24.8. The lowest BCUT2D eigenvalue weighted by atomic mass is 9.95. The van der Waals surface area contributed by atoms with E-state index in [0.29, 0.717) is 54.6 Å². The zero-order valence-electron chi connectivity index (χ0n) is 24.8. The molecule has 8 nitrogen and oxygen atoms in total. The molecule has 1 aliphatic rings. The number of aliphatic hydroxyl groups is 1. The molecular formula is C34H40N2O6. The number of rotatable bonds is 14. The van der Waals surface area contributed by atoms with Crippen molar-refractivity contribution in [1.29, 1.82) is 0 Å². The smallest absolute Gasteiger partial charge is 0.295 e. The Kier molecular flexibility index (Phi) is 10.6. The molecule has 1 aliphatic heterocycles. The van der Waals surface area contributed by atoms with E-state index in [0.717, 1.165) is 24.9 Å². The summed E-state index contributed by atoms with van der Waals surface area (Å²) in [4.78, 5) is 30.4. The minimum atomic E-state index is -0.797. The van der Waals surface area contributed by atoms with E-state index in [9.17, 15) is 14.7 Å². The van der Waals surface area contributed by atoms with Crippen LogP contribution in [0.1, 0.15) is 48.9 Å². The summed E-state index contributed by atoms with van der Waals surface area (Å²) in [5.41, 5.74) is 2.10. The average Bonchev–Trinajstić information content (AvgIpc) is 3.25. The number of methoxy groups -OCH3 is 1. The maximum atomic E-state index is 13.5. The highest BCUT2D eigenvalue weighted by Gasteiger charge is 2.46. The highest BCUT2D eigenvalue weighted by molar-refractivity contribution is 6.46. The lowest BCUT2D eigenvalue weighted by Crippen LogP contribution is -2.32. The second-order valence-corrected chi connectivity index (χ2v) is 10.6. The number of likely N-dealkylation sites (tertiary alicyclic amines) is 1. The lowest BCUT2D eigenvalue weighted by Gasteiger charge is -2.26. The lowest BCUT2D eigenvalue weighted by molar-refractivity contribution is -0.139. The second-order valence-electron chi connectivity index (χ2n) is 10.6. The normalized spacial score (nSPS) is 16.2. The van der Waals surface area contributed by atoms with Gasteiger partial charge in [0.15, 0.2) is 11.5 Å². The van der Waals surface area contributed by atoms with Gasteiger partial charge >= 0.3 is 0 Å². The van der Waals surface area contributed by atoms with Crippen LogP contribution in [-0.2, 0) is 16.2 Å². The molecule has 222 valence electrons. The van der Waals surface area contributed by atoms with Gasteiger partial charge in [0.25, 0.3) is 11.7 Å². The summed E-state index contributed by atoms with van der Waals surface area (Å²) < 4.78 is 17.5. The predicted octanol–water partition coefficient (Wildman–Crippen LogP) is 5.83. The fourth-order valence-electron chi connectivity index (χ4n) is 4.95. The summed E-state index contributed by atoms with van der Waals surface area (Å²) in [5, 5.41) is 11.5. The molecule has 8 heteroatoms. The Hall–Kier alpha value is -4.30. The van der Waals surface area contributed by atoms with Crippen molar-refractivity contribution < 1.29 is 28.9 Å². The highest BCUT2D eigenvalue weighted by atomic mass is 16.5. The topological polar surface area (TPSA) is 88.5 Å². The largest absolute Gasteiger partial charge is 0.507 e. The van der Waals surface area contributed by atoms with E-state index >= 15 is 0 Å². The van der Waals surface area contributed by atoms with Gasteiger partial charge in [-0.3, -0.25) is 9.59 Å². The van der Waals surface area contributed by atoms with E-state index in [-0.39, 0.29) is 11.3 Å². The number of Topliss-reactive ketones (excluding diaryl/α,β-unsaturated/α-hetero) is 1. The van der Waals surface area contributed by atoms with Crippen LogP contribution >= 0.6 is 0 Å². The first kappa shape index (κ1) is 30.7. The number of hydrogen-bond donors (Lipinski definition) is 1. The molecule has 1 unspecified atom stereocenters. The Balaban J connectivity index is 1.72. The SMILES string of the molecule is CCCCOc1cccc(C(O)=C2C(=O)C(=O)N(CCCN(C)C)C2c2ccc(OCc3ccccc3)c(OC)c2)c1. The number of carbonyl (C=O) groups excluding carboxylic acids is 2. The second kappa shape index (κ2) is 14.5. The number of unbranched alkanes of at least 4 members (excludes halogenated alkanes) is 1. The molecule has 1 amide bonds. The van der Waals surface area contributed by atoms with Crippen molar-refractivity contribution >= 4 is 17.4 Å². The number of ketones is 1. The van der Waals surface area contributed by atoms with E-state index in [2.05, 4.69) is 6.92 Å². The molecule has 0 bridgehead atoms. The van der Waals surface area contributed by atoms with Crippen molar-refractivity contribution in [2.75, 3.05) is 40.9 Å². The molecule has 3 aromatic rings. The van der Waals surface area contributed by atoms with Crippen LogP contribution in [0.4, 0.5) is 0 Å². The van der Waals surface area contributed by atoms with Gasteiger partial charge in [-0.25, -0.2) is 0 Å². The van der Waals surface area contributed by atoms with E-state index in [4.69, 9.17) is 14.2 Å². The van der Waals surface area contributed by atoms with E-state index in [1.54, 1.807) is 37.4 Å². The molecular weight excluding hydrogens is 532 g/mol. The van der Waals surface area contributed by atoms with E-state index in [1.807, 2.05) is 61.5 Å². The first-order valence-electron chi connectivity index (χ1n) is 14.3. The zero-order chi connectivity index (χ0) is 30.1. The number of carbonyl (C=O) groups is 2. The first-order chi connectivity index (χ1) is 20.3. The van der Waals surface area contributed by atoms with Gasteiger partial charge in [0.2, 0.25) is 0 Å². The molecule has 0 radical (unpaired) electrons. The van der Waals surface area contributed by atoms with Crippen LogP contribution in [-0.4, -0.2) is 67.5 Å². The summed E-state index contributed by atoms with van der Waals surface area (Å²) >= 11 is 0. The van der Waals surface area contributed by atoms with Crippen molar-refractivity contribution in [3.05, 3.63) is 95.1 Å². The van der Waals surface area contributed by atoms with Crippen LogP contribution in [0.15, 0.2) is 78.4 Å². The van der Waals surface area contributed by atoms with Crippen LogP contribution in [0, 0.1) is 0 Å². The molecule has 1 N–H and O–H groups in total. The molecule has 0 saturated carbocycles. The van der Waals surface area contributed by atoms with Gasteiger partial charge in [-0.05, 0) is 68.9 Å². The third-order valence-electron chi connectivity index (χ3n) is 7.16. The van der Waals surface area contributed by atoms with Crippen LogP contribution in [0.2, 0.25) is 0 Å². The van der Waals surface area contributed by atoms with Gasteiger partial charge in [0, 0.05) is 12.1 Å². The van der Waals surface area contributed by atoms with E-state index < -0.39 is 17.7 Å². The van der Waals surface area contributed by atoms with Crippen LogP contribution in [0.3, 0.4) is 0 Å². The minimum absolute atomic E-state index is 0.0376. The molecule has 1 heterocycles. The number of ether oxygens (including phenoxy) is 3. The molecule has 4 rings (SSSR count). The van der Waals surface area contributed by atoms with Crippen molar-refractivity contribution in [2.45, 2.75) is 38.8 Å². The summed E-state index contributed by atoms with van der Waals surface area (Å²) in [6.07, 6.45) is 2.56. The quantitative estimate of drug-likeness (QED) is 0.113. The molecule has 0 spiro atoms. The molecule has 42 heavy (non-hydrogen) atoms. The maximum absolute atomic E-state index is 13.5. The summed E-state index contributed by atoms with van der Waals surface area (Å²) in [5.74, 6) is -0.00843. The van der Waals surface area contributed by atoms with Crippen molar-refractivity contribution in [3.63, 3.8) is 0 Å². The van der Waals surface area contributed by atoms with Gasteiger partial charge in [-0.2, -0.15) is 0 Å². The number of hydrogen-bond acceptors (Lipinski definition) is 7.